The molecule has 3 heterocycles. The normalized spacial score (nSPS) is 15.1. The minimum absolute atomic E-state index is 0.0772. The molecular formula is C34H39N5O7. The van der Waals surface area contributed by atoms with Gasteiger partial charge in [0.05, 0.1) is 23.8 Å². The topological polar surface area (TPSA) is 150 Å². The summed E-state index contributed by atoms with van der Waals surface area (Å²) in [5, 5.41) is 15.3. The van der Waals surface area contributed by atoms with Crippen LogP contribution in [0.1, 0.15) is 72.4 Å². The molecule has 5 rings (SSSR count). The number of hydrogen-bond donors (Lipinski definition) is 3. The molecule has 12 nitrogen and oxygen atoms in total. The summed E-state index contributed by atoms with van der Waals surface area (Å²) in [6.07, 6.45) is 3.94. The van der Waals surface area contributed by atoms with Gasteiger partial charge in [0.15, 0.2) is 11.5 Å². The second-order valence-electron chi connectivity index (χ2n) is 12.6. The molecule has 1 saturated heterocycles. The maximum absolute atomic E-state index is 13.5. The van der Waals surface area contributed by atoms with E-state index in [2.05, 4.69) is 20.5 Å². The molecule has 1 fully saturated rings. The largest absolute Gasteiger partial charge is 0.481 e. The fraction of sp³-hybridized carbons (Fsp3) is 0.382. The van der Waals surface area contributed by atoms with Crippen LogP contribution in [0.25, 0.3) is 0 Å². The van der Waals surface area contributed by atoms with Gasteiger partial charge in [0.1, 0.15) is 0 Å². The summed E-state index contributed by atoms with van der Waals surface area (Å²) in [5.74, 6) is -0.855. The van der Waals surface area contributed by atoms with E-state index in [1.807, 2.05) is 25.7 Å². The zero-order valence-corrected chi connectivity index (χ0v) is 26.2. The van der Waals surface area contributed by atoms with Gasteiger partial charge >= 0.3 is 5.97 Å². The van der Waals surface area contributed by atoms with Crippen molar-refractivity contribution in [3.63, 3.8) is 0 Å². The number of fused-ring (bicyclic) bond motifs is 1. The van der Waals surface area contributed by atoms with Gasteiger partial charge in [-0.05, 0) is 59.9 Å². The lowest BCUT2D eigenvalue weighted by molar-refractivity contribution is -0.137. The van der Waals surface area contributed by atoms with Crippen LogP contribution < -0.4 is 25.0 Å². The van der Waals surface area contributed by atoms with E-state index < -0.39 is 23.8 Å². The highest BCUT2D eigenvalue weighted by Gasteiger charge is 2.26. The Morgan fingerprint density at radius 1 is 0.935 bits per heavy atom. The Hall–Kier alpha value is -5.13. The summed E-state index contributed by atoms with van der Waals surface area (Å²) in [6.45, 7) is 8.54. The lowest BCUT2D eigenvalue weighted by Crippen LogP contribution is -2.37. The molecule has 0 radical (unpaired) electrons. The van der Waals surface area contributed by atoms with Crippen LogP contribution in [0.3, 0.4) is 0 Å². The summed E-state index contributed by atoms with van der Waals surface area (Å²) in [6, 6.07) is 12.5. The van der Waals surface area contributed by atoms with E-state index >= 15 is 0 Å². The molecule has 1 aromatic heterocycles. The number of hydrogen-bond acceptors (Lipinski definition) is 8. The number of rotatable bonds is 9. The predicted octanol–water partition coefficient (Wildman–Crippen LogP) is 4.48. The van der Waals surface area contributed by atoms with Crippen molar-refractivity contribution in [2.24, 2.45) is 5.41 Å². The second-order valence-corrected chi connectivity index (χ2v) is 12.6. The van der Waals surface area contributed by atoms with Crippen molar-refractivity contribution in [1.82, 2.24) is 15.2 Å². The number of carbonyl (C=O) groups excluding carboxylic acids is 3. The summed E-state index contributed by atoms with van der Waals surface area (Å²) in [7, 11) is 0. The van der Waals surface area contributed by atoms with Gasteiger partial charge in [-0.1, -0.05) is 26.8 Å². The summed E-state index contributed by atoms with van der Waals surface area (Å²) in [5.41, 5.74) is 2.12. The van der Waals surface area contributed by atoms with E-state index in [0.717, 1.165) is 6.42 Å². The summed E-state index contributed by atoms with van der Waals surface area (Å²) >= 11 is 0. The molecular weight excluding hydrogens is 590 g/mol. The number of carbonyl (C=O) groups is 4. The molecule has 3 amide bonds. The van der Waals surface area contributed by atoms with Crippen molar-refractivity contribution in [2.45, 2.75) is 46.1 Å². The van der Waals surface area contributed by atoms with Crippen LogP contribution in [0.2, 0.25) is 0 Å². The Kier molecular flexibility index (Phi) is 9.74. The van der Waals surface area contributed by atoms with Crippen LogP contribution in [0.15, 0.2) is 60.9 Å². The fourth-order valence-corrected chi connectivity index (χ4v) is 5.51. The van der Waals surface area contributed by atoms with E-state index in [9.17, 15) is 24.3 Å². The number of ether oxygens (including phenoxy) is 2. The SMILES string of the molecule is CC(C)(C)CC(=O)N1CCCN(c2ccc(C(=O)NC(CC(=O)O)c3cccnc3)cc2NC(=O)c2ccc3c(c2)OCO3)CC1. The van der Waals surface area contributed by atoms with Crippen LogP contribution in [0, 0.1) is 5.41 Å². The quantitative estimate of drug-likeness (QED) is 0.311. The number of nitrogens with one attached hydrogen (secondary N) is 2. The number of pyridine rings is 1. The molecule has 3 N–H and O–H groups in total. The molecule has 2 aromatic carbocycles. The molecule has 0 spiro atoms. The zero-order chi connectivity index (χ0) is 32.8. The summed E-state index contributed by atoms with van der Waals surface area (Å²) in [4.78, 5) is 59.6. The Labute approximate surface area is 267 Å². The number of aromatic nitrogens is 1. The van der Waals surface area contributed by atoms with Gasteiger partial charge in [-0.15, -0.1) is 0 Å². The Balaban J connectivity index is 1.41. The molecule has 12 heteroatoms. The molecule has 0 saturated carbocycles. The number of aliphatic carboxylic acids is 1. The van der Waals surface area contributed by atoms with Crippen LogP contribution in [0.5, 0.6) is 11.5 Å². The van der Waals surface area contributed by atoms with Crippen molar-refractivity contribution >= 4 is 35.1 Å². The van der Waals surface area contributed by atoms with Gasteiger partial charge in [-0.25, -0.2) is 0 Å². The van der Waals surface area contributed by atoms with Gasteiger partial charge in [-0.2, -0.15) is 0 Å². The highest BCUT2D eigenvalue weighted by atomic mass is 16.7. The molecule has 46 heavy (non-hydrogen) atoms. The Morgan fingerprint density at radius 2 is 1.70 bits per heavy atom. The minimum Gasteiger partial charge on any atom is -0.481 e. The van der Waals surface area contributed by atoms with Crippen molar-refractivity contribution in [3.8, 4) is 11.5 Å². The molecule has 1 atom stereocenters. The van der Waals surface area contributed by atoms with Crippen LogP contribution in [-0.4, -0.2) is 71.7 Å². The first-order chi connectivity index (χ1) is 22.0. The predicted molar refractivity (Wildman–Crippen MR) is 171 cm³/mol. The van der Waals surface area contributed by atoms with E-state index in [4.69, 9.17) is 9.47 Å². The van der Waals surface area contributed by atoms with Gasteiger partial charge in [-0.3, -0.25) is 24.2 Å². The molecule has 0 aliphatic carbocycles. The number of carboxylic acids is 1. The summed E-state index contributed by atoms with van der Waals surface area (Å²) < 4.78 is 10.8. The minimum atomic E-state index is -1.07. The average molecular weight is 630 g/mol. The van der Waals surface area contributed by atoms with Crippen LogP contribution >= 0.6 is 0 Å². The molecule has 2 aliphatic rings. The first kappa shape index (κ1) is 32.3. The van der Waals surface area contributed by atoms with Crippen LogP contribution in [0.4, 0.5) is 11.4 Å². The smallest absolute Gasteiger partial charge is 0.305 e. The van der Waals surface area contributed by atoms with Crippen LogP contribution in [-0.2, 0) is 9.59 Å². The van der Waals surface area contributed by atoms with Gasteiger partial charge in [0, 0.05) is 56.1 Å². The lowest BCUT2D eigenvalue weighted by Gasteiger charge is -2.27. The van der Waals surface area contributed by atoms with E-state index in [-0.39, 0.29) is 30.1 Å². The highest BCUT2D eigenvalue weighted by molar-refractivity contribution is 6.07. The molecule has 3 aromatic rings. The van der Waals surface area contributed by atoms with Gasteiger partial charge in [0.2, 0.25) is 12.7 Å². The molecule has 1 unspecified atom stereocenters. The first-order valence-corrected chi connectivity index (χ1v) is 15.3. The standard InChI is InChI=1S/C34H39N5O7/c1-34(2,3)19-30(40)39-13-5-12-38(14-15-39)27-9-7-22(32(43)36-25(18-31(41)42)24-6-4-11-35-20-24)16-26(27)37-33(44)23-8-10-28-29(17-23)46-21-45-28/h4,6-11,16-17,20,25H,5,12-15,18-19,21H2,1-3H3,(H,36,43)(H,37,44)(H,41,42). The average Bonchev–Trinajstić information content (AvgIpc) is 3.35. The number of anilines is 2. The maximum Gasteiger partial charge on any atom is 0.305 e. The second kappa shape index (κ2) is 13.9. The third-order valence-electron chi connectivity index (χ3n) is 7.78. The molecule has 0 bridgehead atoms. The van der Waals surface area contributed by atoms with E-state index in [0.29, 0.717) is 66.6 Å². The Morgan fingerprint density at radius 3 is 2.43 bits per heavy atom. The van der Waals surface area contributed by atoms with Gasteiger partial charge < -0.3 is 35.0 Å². The van der Waals surface area contributed by atoms with E-state index in [1.54, 1.807) is 54.7 Å². The van der Waals surface area contributed by atoms with E-state index in [1.165, 1.54) is 6.20 Å². The van der Waals surface area contributed by atoms with Gasteiger partial charge in [0.25, 0.3) is 11.8 Å². The number of carboxylic acid groups (broad SMARTS) is 1. The molecule has 242 valence electrons. The van der Waals surface area contributed by atoms with Crippen molar-refractivity contribution in [3.05, 3.63) is 77.6 Å². The van der Waals surface area contributed by atoms with Crippen molar-refractivity contribution < 1.29 is 33.8 Å². The van der Waals surface area contributed by atoms with Crippen molar-refractivity contribution in [1.29, 1.82) is 0 Å². The zero-order valence-electron chi connectivity index (χ0n) is 26.2. The monoisotopic (exact) mass is 629 g/mol. The number of benzene rings is 2. The Bertz CT molecular complexity index is 1610. The number of nitrogens with zero attached hydrogens (tertiary/aromatic N) is 3. The molecule has 2 aliphatic heterocycles. The maximum atomic E-state index is 13.5. The highest BCUT2D eigenvalue weighted by Crippen LogP contribution is 2.34. The first-order valence-electron chi connectivity index (χ1n) is 15.3. The number of amides is 3. The fourth-order valence-electron chi connectivity index (χ4n) is 5.51. The lowest BCUT2D eigenvalue weighted by atomic mass is 9.91. The third kappa shape index (κ3) is 8.12. The third-order valence-corrected chi connectivity index (χ3v) is 7.78. The van der Waals surface area contributed by atoms with Crippen molar-refractivity contribution in [2.75, 3.05) is 43.2 Å².